The smallest absolute Gasteiger partial charge is 0.265 e. The Bertz CT molecular complexity index is 618. The van der Waals surface area contributed by atoms with Gasteiger partial charge in [-0.15, -0.1) is 0 Å². The summed E-state index contributed by atoms with van der Waals surface area (Å²) in [4.78, 5) is 9.93. The number of aromatic nitrogens is 3. The van der Waals surface area contributed by atoms with E-state index >= 15 is 0 Å². The predicted molar refractivity (Wildman–Crippen MR) is 69.9 cm³/mol. The Morgan fingerprint density at radius 1 is 1.53 bits per heavy atom. The summed E-state index contributed by atoms with van der Waals surface area (Å²) in [6, 6.07) is 3.50. The van der Waals surface area contributed by atoms with Crippen molar-refractivity contribution in [3.8, 4) is 6.07 Å². The zero-order chi connectivity index (χ0) is 13.8. The van der Waals surface area contributed by atoms with Gasteiger partial charge >= 0.3 is 0 Å². The van der Waals surface area contributed by atoms with Gasteiger partial charge in [-0.05, 0) is 11.2 Å². The van der Waals surface area contributed by atoms with Crippen LogP contribution >= 0.6 is 11.6 Å². The SMILES string of the molecule is CN(C)c1noc(CNc2ncc(C#N)cc2Cl)n1. The lowest BCUT2D eigenvalue weighted by Gasteiger charge is -2.04. The van der Waals surface area contributed by atoms with Crippen LogP contribution in [0.4, 0.5) is 11.8 Å². The summed E-state index contributed by atoms with van der Waals surface area (Å²) >= 11 is 5.98. The van der Waals surface area contributed by atoms with Crippen LogP contribution in [0.5, 0.6) is 0 Å². The van der Waals surface area contributed by atoms with Gasteiger partial charge in [0.2, 0.25) is 5.89 Å². The van der Waals surface area contributed by atoms with Gasteiger partial charge in [0.05, 0.1) is 17.1 Å². The van der Waals surface area contributed by atoms with Crippen LogP contribution in [-0.4, -0.2) is 29.2 Å². The molecule has 2 aromatic rings. The Hall–Kier alpha value is -2.33. The van der Waals surface area contributed by atoms with Crippen molar-refractivity contribution in [1.82, 2.24) is 15.1 Å². The van der Waals surface area contributed by atoms with Gasteiger partial charge in [-0.25, -0.2) is 4.98 Å². The van der Waals surface area contributed by atoms with Crippen molar-refractivity contribution in [3.05, 3.63) is 28.7 Å². The van der Waals surface area contributed by atoms with Crippen LogP contribution in [0, 0.1) is 11.3 Å². The Morgan fingerprint density at radius 3 is 2.89 bits per heavy atom. The molecule has 0 aliphatic heterocycles. The summed E-state index contributed by atoms with van der Waals surface area (Å²) in [5.74, 6) is 1.38. The standard InChI is InChI=1S/C11H11ClN6O/c1-18(2)11-16-9(19-17-11)6-15-10-8(12)3-7(4-13)5-14-10/h3,5H,6H2,1-2H3,(H,14,15). The summed E-state index contributed by atoms with van der Waals surface area (Å²) in [6.07, 6.45) is 1.44. The van der Waals surface area contributed by atoms with E-state index in [2.05, 4.69) is 20.4 Å². The molecule has 0 aromatic carbocycles. The Kier molecular flexibility index (Phi) is 3.82. The van der Waals surface area contributed by atoms with Gasteiger partial charge < -0.3 is 14.7 Å². The van der Waals surface area contributed by atoms with Crippen LogP contribution in [0.3, 0.4) is 0 Å². The Morgan fingerprint density at radius 2 is 2.32 bits per heavy atom. The Labute approximate surface area is 114 Å². The topological polar surface area (TPSA) is 90.9 Å². The highest BCUT2D eigenvalue weighted by Gasteiger charge is 2.09. The summed E-state index contributed by atoms with van der Waals surface area (Å²) in [5, 5.41) is 15.8. The number of pyridine rings is 1. The fourth-order valence-corrected chi connectivity index (χ4v) is 1.52. The first-order valence-corrected chi connectivity index (χ1v) is 5.77. The molecule has 1 N–H and O–H groups in total. The lowest BCUT2D eigenvalue weighted by molar-refractivity contribution is 0.383. The molecule has 0 aliphatic rings. The molecule has 0 amide bonds. The molecule has 7 nitrogen and oxygen atoms in total. The lowest BCUT2D eigenvalue weighted by Crippen LogP contribution is -2.10. The molecule has 98 valence electrons. The van der Waals surface area contributed by atoms with E-state index in [4.69, 9.17) is 21.4 Å². The highest BCUT2D eigenvalue weighted by atomic mass is 35.5. The molecule has 0 unspecified atom stereocenters. The molecule has 0 saturated heterocycles. The number of anilines is 2. The molecular formula is C11H11ClN6O. The molecule has 2 aromatic heterocycles. The quantitative estimate of drug-likeness (QED) is 0.909. The zero-order valence-corrected chi connectivity index (χ0v) is 11.1. The van der Waals surface area contributed by atoms with Gasteiger partial charge in [0.1, 0.15) is 11.9 Å². The Balaban J connectivity index is 2.04. The van der Waals surface area contributed by atoms with Gasteiger partial charge in [-0.1, -0.05) is 11.6 Å². The highest BCUT2D eigenvalue weighted by molar-refractivity contribution is 6.33. The van der Waals surface area contributed by atoms with Crippen LogP contribution in [0.25, 0.3) is 0 Å². The van der Waals surface area contributed by atoms with Crippen molar-refractivity contribution >= 4 is 23.4 Å². The van der Waals surface area contributed by atoms with E-state index < -0.39 is 0 Å². The minimum absolute atomic E-state index is 0.305. The molecule has 2 rings (SSSR count). The van der Waals surface area contributed by atoms with Crippen molar-refractivity contribution in [2.45, 2.75) is 6.54 Å². The first kappa shape index (κ1) is 13.1. The van der Waals surface area contributed by atoms with Gasteiger partial charge in [-0.2, -0.15) is 10.2 Å². The summed E-state index contributed by atoms with van der Waals surface area (Å²) in [7, 11) is 3.64. The highest BCUT2D eigenvalue weighted by Crippen LogP contribution is 2.20. The maximum atomic E-state index is 8.71. The second kappa shape index (κ2) is 5.54. The summed E-state index contributed by atoms with van der Waals surface area (Å²) in [5.41, 5.74) is 0.406. The maximum absolute atomic E-state index is 8.71. The van der Waals surface area contributed by atoms with Gasteiger partial charge in [0.15, 0.2) is 0 Å². The molecule has 0 aliphatic carbocycles. The van der Waals surface area contributed by atoms with Gasteiger partial charge in [0, 0.05) is 20.3 Å². The van der Waals surface area contributed by atoms with E-state index in [9.17, 15) is 0 Å². The molecule has 19 heavy (non-hydrogen) atoms. The van der Waals surface area contributed by atoms with Crippen molar-refractivity contribution in [1.29, 1.82) is 5.26 Å². The second-order valence-corrected chi connectivity index (χ2v) is 4.31. The first-order valence-electron chi connectivity index (χ1n) is 5.39. The molecule has 2 heterocycles. The van der Waals surface area contributed by atoms with E-state index in [1.54, 1.807) is 4.90 Å². The minimum atomic E-state index is 0.305. The van der Waals surface area contributed by atoms with E-state index in [0.29, 0.717) is 34.8 Å². The third-order valence-corrected chi connectivity index (χ3v) is 2.52. The number of hydrogen-bond donors (Lipinski definition) is 1. The van der Waals surface area contributed by atoms with Crippen LogP contribution in [0.15, 0.2) is 16.8 Å². The van der Waals surface area contributed by atoms with E-state index in [0.717, 1.165) is 0 Å². The molecule has 0 spiro atoms. The molecular weight excluding hydrogens is 268 g/mol. The molecule has 0 bridgehead atoms. The number of rotatable bonds is 4. The predicted octanol–water partition coefficient (Wildman–Crippen LogP) is 1.67. The minimum Gasteiger partial charge on any atom is -0.360 e. The van der Waals surface area contributed by atoms with E-state index in [1.165, 1.54) is 12.3 Å². The zero-order valence-electron chi connectivity index (χ0n) is 10.4. The molecule has 0 atom stereocenters. The lowest BCUT2D eigenvalue weighted by atomic mass is 10.3. The number of nitrogens with one attached hydrogen (secondary N) is 1. The molecule has 0 fully saturated rings. The number of hydrogen-bond acceptors (Lipinski definition) is 7. The third-order valence-electron chi connectivity index (χ3n) is 2.23. The van der Waals surface area contributed by atoms with Crippen LogP contribution in [0.1, 0.15) is 11.5 Å². The summed E-state index contributed by atoms with van der Waals surface area (Å²) < 4.78 is 5.04. The third kappa shape index (κ3) is 3.11. The van der Waals surface area contributed by atoms with Crippen LogP contribution in [-0.2, 0) is 6.54 Å². The van der Waals surface area contributed by atoms with Gasteiger partial charge in [0.25, 0.3) is 5.95 Å². The number of nitriles is 1. The fraction of sp³-hybridized carbons (Fsp3) is 0.273. The molecule has 8 heteroatoms. The van der Waals surface area contributed by atoms with Crippen molar-refractivity contribution in [2.75, 3.05) is 24.3 Å². The molecule has 0 saturated carbocycles. The van der Waals surface area contributed by atoms with Crippen LogP contribution < -0.4 is 10.2 Å². The number of nitrogens with zero attached hydrogens (tertiary/aromatic N) is 5. The van der Waals surface area contributed by atoms with Crippen molar-refractivity contribution in [3.63, 3.8) is 0 Å². The first-order chi connectivity index (χ1) is 9.10. The average Bonchev–Trinajstić information content (AvgIpc) is 2.86. The summed E-state index contributed by atoms with van der Waals surface area (Å²) in [6.45, 7) is 0.305. The number of halogens is 1. The molecule has 0 radical (unpaired) electrons. The normalized spacial score (nSPS) is 10.0. The van der Waals surface area contributed by atoms with Gasteiger partial charge in [-0.3, -0.25) is 0 Å². The monoisotopic (exact) mass is 278 g/mol. The van der Waals surface area contributed by atoms with E-state index in [1.807, 2.05) is 20.2 Å². The van der Waals surface area contributed by atoms with Crippen molar-refractivity contribution in [2.24, 2.45) is 0 Å². The maximum Gasteiger partial charge on any atom is 0.265 e. The largest absolute Gasteiger partial charge is 0.360 e. The average molecular weight is 279 g/mol. The van der Waals surface area contributed by atoms with E-state index in [-0.39, 0.29) is 0 Å². The van der Waals surface area contributed by atoms with Crippen LogP contribution in [0.2, 0.25) is 5.02 Å². The van der Waals surface area contributed by atoms with Crippen molar-refractivity contribution < 1.29 is 4.52 Å². The second-order valence-electron chi connectivity index (χ2n) is 3.90. The fourth-order valence-electron chi connectivity index (χ4n) is 1.29.